The maximum atomic E-state index is 12.5. The molecular formula is C20H20ClN5O3S. The van der Waals surface area contributed by atoms with E-state index in [-0.39, 0.29) is 11.8 Å². The highest BCUT2D eigenvalue weighted by Gasteiger charge is 2.19. The average molecular weight is 446 g/mol. The van der Waals surface area contributed by atoms with Gasteiger partial charge in [-0.3, -0.25) is 14.7 Å². The van der Waals surface area contributed by atoms with E-state index < -0.39 is 5.25 Å². The number of rotatable bonds is 7. The Kier molecular flexibility index (Phi) is 6.96. The van der Waals surface area contributed by atoms with Crippen LogP contribution < -0.4 is 15.4 Å². The van der Waals surface area contributed by atoms with Gasteiger partial charge in [-0.15, -0.1) is 5.10 Å². The lowest BCUT2D eigenvalue weighted by Crippen LogP contribution is -2.22. The molecule has 8 nitrogen and oxygen atoms in total. The van der Waals surface area contributed by atoms with Crippen molar-refractivity contribution >= 4 is 46.6 Å². The van der Waals surface area contributed by atoms with E-state index in [0.29, 0.717) is 38.7 Å². The Labute approximate surface area is 182 Å². The van der Waals surface area contributed by atoms with Gasteiger partial charge in [0.05, 0.1) is 17.9 Å². The number of hydrogen-bond donors (Lipinski definition) is 3. The normalized spacial score (nSPS) is 11.6. The third kappa shape index (κ3) is 5.52. The fourth-order valence-corrected chi connectivity index (χ4v) is 3.48. The first-order valence-electron chi connectivity index (χ1n) is 8.97. The van der Waals surface area contributed by atoms with E-state index in [1.54, 1.807) is 56.5 Å². The van der Waals surface area contributed by atoms with E-state index in [1.807, 2.05) is 0 Å². The molecule has 1 atom stereocenters. The molecule has 0 saturated heterocycles. The van der Waals surface area contributed by atoms with E-state index in [4.69, 9.17) is 16.3 Å². The fraction of sp³-hybridized carbons (Fsp3) is 0.200. The SMILES string of the molecule is COc1ccc(Cl)cc1-c1nc(SC(C)C(=O)Nc2ccc(NC(C)=O)cc2)n[nH]1. The van der Waals surface area contributed by atoms with Crippen LogP contribution in [0.3, 0.4) is 0 Å². The van der Waals surface area contributed by atoms with Crippen LogP contribution in [0.2, 0.25) is 5.02 Å². The van der Waals surface area contributed by atoms with Gasteiger partial charge < -0.3 is 15.4 Å². The first-order valence-corrected chi connectivity index (χ1v) is 10.2. The van der Waals surface area contributed by atoms with Gasteiger partial charge in [0.15, 0.2) is 5.82 Å². The topological polar surface area (TPSA) is 109 Å². The highest BCUT2D eigenvalue weighted by Crippen LogP contribution is 2.31. The molecule has 0 aliphatic heterocycles. The molecule has 2 aromatic carbocycles. The van der Waals surface area contributed by atoms with Crippen molar-refractivity contribution in [3.05, 3.63) is 47.5 Å². The Morgan fingerprint density at radius 1 is 1.13 bits per heavy atom. The second-order valence-electron chi connectivity index (χ2n) is 6.32. The highest BCUT2D eigenvalue weighted by molar-refractivity contribution is 8.00. The summed E-state index contributed by atoms with van der Waals surface area (Å²) in [5.74, 6) is 0.760. The maximum absolute atomic E-state index is 12.5. The molecule has 0 bridgehead atoms. The first-order chi connectivity index (χ1) is 14.4. The number of H-pyrrole nitrogens is 1. The second-order valence-corrected chi connectivity index (χ2v) is 8.06. The molecule has 30 heavy (non-hydrogen) atoms. The van der Waals surface area contributed by atoms with Gasteiger partial charge in [0, 0.05) is 23.3 Å². The minimum atomic E-state index is -0.440. The highest BCUT2D eigenvalue weighted by atomic mass is 35.5. The van der Waals surface area contributed by atoms with Crippen LogP contribution in [-0.2, 0) is 9.59 Å². The second kappa shape index (κ2) is 9.64. The van der Waals surface area contributed by atoms with Crippen LogP contribution in [-0.4, -0.2) is 39.4 Å². The van der Waals surface area contributed by atoms with Crippen molar-refractivity contribution < 1.29 is 14.3 Å². The minimum absolute atomic E-state index is 0.155. The van der Waals surface area contributed by atoms with Crippen LogP contribution in [0.25, 0.3) is 11.4 Å². The molecule has 1 heterocycles. The van der Waals surface area contributed by atoms with Crippen molar-refractivity contribution in [2.75, 3.05) is 17.7 Å². The van der Waals surface area contributed by atoms with Crippen molar-refractivity contribution in [2.24, 2.45) is 0 Å². The molecule has 10 heteroatoms. The lowest BCUT2D eigenvalue weighted by Gasteiger charge is -2.11. The van der Waals surface area contributed by atoms with Gasteiger partial charge in [0.2, 0.25) is 17.0 Å². The molecule has 0 aliphatic carbocycles. The Balaban J connectivity index is 1.64. The van der Waals surface area contributed by atoms with Gasteiger partial charge in [-0.05, 0) is 49.4 Å². The monoisotopic (exact) mass is 445 g/mol. The number of aromatic amines is 1. The third-order valence-corrected chi connectivity index (χ3v) is 5.20. The number of methoxy groups -OCH3 is 1. The molecule has 0 fully saturated rings. The molecular weight excluding hydrogens is 426 g/mol. The number of carbonyl (C=O) groups is 2. The zero-order valence-corrected chi connectivity index (χ0v) is 18.1. The predicted octanol–water partition coefficient (Wildman–Crippen LogP) is 4.21. The number of ether oxygens (including phenoxy) is 1. The Morgan fingerprint density at radius 2 is 1.80 bits per heavy atom. The van der Waals surface area contributed by atoms with E-state index in [2.05, 4.69) is 25.8 Å². The number of thioether (sulfide) groups is 1. The number of hydrogen-bond acceptors (Lipinski definition) is 6. The molecule has 3 rings (SSSR count). The zero-order chi connectivity index (χ0) is 21.7. The van der Waals surface area contributed by atoms with Crippen LogP contribution in [0.1, 0.15) is 13.8 Å². The molecule has 156 valence electrons. The quantitative estimate of drug-likeness (QED) is 0.470. The number of anilines is 2. The number of carbonyl (C=O) groups excluding carboxylic acids is 2. The third-order valence-electron chi connectivity index (χ3n) is 4.01. The van der Waals surface area contributed by atoms with Crippen molar-refractivity contribution in [3.63, 3.8) is 0 Å². The van der Waals surface area contributed by atoms with E-state index in [1.165, 1.54) is 18.7 Å². The maximum Gasteiger partial charge on any atom is 0.237 e. The van der Waals surface area contributed by atoms with Crippen molar-refractivity contribution in [1.82, 2.24) is 15.2 Å². The van der Waals surface area contributed by atoms with Crippen LogP contribution in [0.5, 0.6) is 5.75 Å². The van der Waals surface area contributed by atoms with Crippen LogP contribution in [0.4, 0.5) is 11.4 Å². The number of halogens is 1. The zero-order valence-electron chi connectivity index (χ0n) is 16.5. The molecule has 2 amide bonds. The standard InChI is InChI=1S/C20H20ClN5O3S/c1-11(19(28)23-15-7-5-14(6-8-15)22-12(2)27)30-20-24-18(25-26-20)16-10-13(21)4-9-17(16)29-3/h4-11H,1-3H3,(H,22,27)(H,23,28)(H,24,25,26). The number of benzene rings is 2. The van der Waals surface area contributed by atoms with E-state index >= 15 is 0 Å². The van der Waals surface area contributed by atoms with Gasteiger partial charge >= 0.3 is 0 Å². The van der Waals surface area contributed by atoms with Gasteiger partial charge in [0.1, 0.15) is 5.75 Å². The lowest BCUT2D eigenvalue weighted by molar-refractivity contribution is -0.115. The number of nitrogens with zero attached hydrogens (tertiary/aromatic N) is 2. The van der Waals surface area contributed by atoms with Crippen molar-refractivity contribution in [2.45, 2.75) is 24.3 Å². The van der Waals surface area contributed by atoms with Gasteiger partial charge in [0.25, 0.3) is 0 Å². The summed E-state index contributed by atoms with van der Waals surface area (Å²) in [7, 11) is 1.56. The van der Waals surface area contributed by atoms with Crippen molar-refractivity contribution in [3.8, 4) is 17.1 Å². The van der Waals surface area contributed by atoms with Crippen LogP contribution in [0.15, 0.2) is 47.6 Å². The molecule has 0 radical (unpaired) electrons. The first kappa shape index (κ1) is 21.7. The van der Waals surface area contributed by atoms with Crippen LogP contribution >= 0.6 is 23.4 Å². The molecule has 1 unspecified atom stereocenters. The number of nitrogens with one attached hydrogen (secondary N) is 3. The molecule has 0 spiro atoms. The summed E-state index contributed by atoms with van der Waals surface area (Å²) in [5, 5.41) is 13.1. The van der Waals surface area contributed by atoms with Crippen LogP contribution in [0, 0.1) is 0 Å². The summed E-state index contributed by atoms with van der Waals surface area (Å²) in [4.78, 5) is 28.0. The summed E-state index contributed by atoms with van der Waals surface area (Å²) in [5.41, 5.74) is 1.97. The van der Waals surface area contributed by atoms with Gasteiger partial charge in [-0.1, -0.05) is 23.4 Å². The lowest BCUT2D eigenvalue weighted by atomic mass is 10.2. The summed E-state index contributed by atoms with van der Waals surface area (Å²) >= 11 is 7.29. The van der Waals surface area contributed by atoms with E-state index in [9.17, 15) is 9.59 Å². The Morgan fingerprint density at radius 3 is 2.43 bits per heavy atom. The Bertz CT molecular complexity index is 1050. The predicted molar refractivity (Wildman–Crippen MR) is 118 cm³/mol. The average Bonchev–Trinajstić information content (AvgIpc) is 3.17. The summed E-state index contributed by atoms with van der Waals surface area (Å²) < 4.78 is 5.34. The van der Waals surface area contributed by atoms with Gasteiger partial charge in [-0.2, -0.15) is 0 Å². The molecule has 1 aromatic heterocycles. The van der Waals surface area contributed by atoms with Gasteiger partial charge in [-0.25, -0.2) is 4.98 Å². The molecule has 0 saturated carbocycles. The smallest absolute Gasteiger partial charge is 0.237 e. The summed E-state index contributed by atoms with van der Waals surface area (Å²) in [6, 6.07) is 12.1. The number of aromatic nitrogens is 3. The largest absolute Gasteiger partial charge is 0.496 e. The summed E-state index contributed by atoms with van der Waals surface area (Å²) in [6.45, 7) is 3.20. The molecule has 3 aromatic rings. The molecule has 0 aliphatic rings. The minimum Gasteiger partial charge on any atom is -0.496 e. The van der Waals surface area contributed by atoms with E-state index in [0.717, 1.165) is 0 Å². The Hall–Kier alpha value is -3.04. The summed E-state index contributed by atoms with van der Waals surface area (Å²) in [6.07, 6.45) is 0. The van der Waals surface area contributed by atoms with Crippen molar-refractivity contribution in [1.29, 1.82) is 0 Å². The fourth-order valence-electron chi connectivity index (χ4n) is 2.58. The number of amides is 2. The molecule has 3 N–H and O–H groups in total.